The van der Waals surface area contributed by atoms with E-state index in [-0.39, 0.29) is 0 Å². The summed E-state index contributed by atoms with van der Waals surface area (Å²) in [5.41, 5.74) is 1.24. The predicted octanol–water partition coefficient (Wildman–Crippen LogP) is 3.72. The fraction of sp³-hybridized carbons (Fsp3) is 0.400. The molecule has 0 spiro atoms. The number of ether oxygens (including phenoxy) is 2. The van der Waals surface area contributed by atoms with Gasteiger partial charge in [0.2, 0.25) is 0 Å². The Labute approximate surface area is 123 Å². The molecule has 20 heavy (non-hydrogen) atoms. The van der Waals surface area contributed by atoms with Gasteiger partial charge in [0, 0.05) is 12.7 Å². The zero-order valence-corrected chi connectivity index (χ0v) is 12.9. The Balaban J connectivity index is 2.02. The number of aryl methyl sites for hydroxylation is 1. The topological polar surface area (TPSA) is 43.4 Å². The van der Waals surface area contributed by atoms with Crippen LogP contribution in [0.5, 0.6) is 11.5 Å². The van der Waals surface area contributed by atoms with E-state index in [4.69, 9.17) is 9.47 Å². The minimum atomic E-state index is 0.505. The lowest BCUT2D eigenvalue weighted by Gasteiger charge is -2.10. The van der Waals surface area contributed by atoms with Gasteiger partial charge in [-0.2, -0.15) is 0 Å². The molecule has 0 aliphatic heterocycles. The molecule has 0 radical (unpaired) electrons. The highest BCUT2D eigenvalue weighted by molar-refractivity contribution is 7.15. The summed E-state index contributed by atoms with van der Waals surface area (Å²) in [6.07, 6.45) is 2.83. The Hall–Kier alpha value is -1.75. The number of aromatic nitrogens is 1. The number of hydrogen-bond donors (Lipinski definition) is 1. The number of thiazole rings is 1. The molecule has 0 atom stereocenters. The molecule has 5 heteroatoms. The van der Waals surface area contributed by atoms with Crippen LogP contribution >= 0.6 is 11.3 Å². The standard InChI is InChI=1S/C15H20N2O2S/c1-4-11-6-7-13(14(8-11)18-3)19-10-12-9-17-15(20-12)16-5-2/h6-9H,4-5,10H2,1-3H3,(H,16,17). The average Bonchev–Trinajstić information content (AvgIpc) is 2.93. The minimum Gasteiger partial charge on any atom is -0.493 e. The summed E-state index contributed by atoms with van der Waals surface area (Å²) in [6, 6.07) is 6.05. The SMILES string of the molecule is CCNc1ncc(COc2ccc(CC)cc2OC)s1. The largest absolute Gasteiger partial charge is 0.493 e. The first kappa shape index (κ1) is 14.7. The number of hydrogen-bond acceptors (Lipinski definition) is 5. The van der Waals surface area contributed by atoms with Crippen molar-refractivity contribution >= 4 is 16.5 Å². The first-order valence-electron chi connectivity index (χ1n) is 6.75. The molecule has 0 aliphatic carbocycles. The molecule has 0 fully saturated rings. The Kier molecular flexibility index (Phi) is 5.24. The highest BCUT2D eigenvalue weighted by atomic mass is 32.1. The number of methoxy groups -OCH3 is 1. The molecule has 108 valence electrons. The molecule has 0 amide bonds. The predicted molar refractivity (Wildman–Crippen MR) is 83.0 cm³/mol. The molecule has 1 aromatic carbocycles. The van der Waals surface area contributed by atoms with E-state index >= 15 is 0 Å². The van der Waals surface area contributed by atoms with Gasteiger partial charge in [0.1, 0.15) is 6.61 Å². The van der Waals surface area contributed by atoms with Crippen LogP contribution in [0.2, 0.25) is 0 Å². The van der Waals surface area contributed by atoms with E-state index in [1.165, 1.54) is 5.56 Å². The Bertz CT molecular complexity index is 555. The van der Waals surface area contributed by atoms with Crippen LogP contribution in [0.15, 0.2) is 24.4 Å². The lowest BCUT2D eigenvalue weighted by atomic mass is 10.1. The van der Waals surface area contributed by atoms with Gasteiger partial charge in [0.15, 0.2) is 16.6 Å². The van der Waals surface area contributed by atoms with Gasteiger partial charge >= 0.3 is 0 Å². The Morgan fingerprint density at radius 3 is 2.80 bits per heavy atom. The van der Waals surface area contributed by atoms with E-state index in [0.717, 1.165) is 34.5 Å². The molecule has 4 nitrogen and oxygen atoms in total. The molecule has 2 rings (SSSR count). The maximum absolute atomic E-state index is 5.82. The lowest BCUT2D eigenvalue weighted by molar-refractivity contribution is 0.287. The zero-order valence-electron chi connectivity index (χ0n) is 12.1. The second-order valence-electron chi connectivity index (χ2n) is 4.29. The van der Waals surface area contributed by atoms with Gasteiger partial charge in [0.05, 0.1) is 12.0 Å². The van der Waals surface area contributed by atoms with E-state index in [1.807, 2.05) is 18.3 Å². The molecule has 1 N–H and O–H groups in total. The second-order valence-corrected chi connectivity index (χ2v) is 5.40. The number of benzene rings is 1. The quantitative estimate of drug-likeness (QED) is 0.844. The summed E-state index contributed by atoms with van der Waals surface area (Å²) in [6.45, 7) is 5.55. The Morgan fingerprint density at radius 2 is 2.10 bits per heavy atom. The smallest absolute Gasteiger partial charge is 0.182 e. The molecule has 1 aromatic heterocycles. The minimum absolute atomic E-state index is 0.505. The van der Waals surface area contributed by atoms with Crippen LogP contribution in [-0.4, -0.2) is 18.6 Å². The van der Waals surface area contributed by atoms with Crippen LogP contribution in [0, 0.1) is 0 Å². The van der Waals surface area contributed by atoms with Crippen molar-refractivity contribution in [2.24, 2.45) is 0 Å². The van der Waals surface area contributed by atoms with Crippen molar-refractivity contribution in [2.45, 2.75) is 26.9 Å². The molecule has 2 aromatic rings. The normalized spacial score (nSPS) is 10.3. The molecular formula is C15H20N2O2S. The summed E-state index contributed by atoms with van der Waals surface area (Å²) in [7, 11) is 1.66. The number of nitrogens with one attached hydrogen (secondary N) is 1. The van der Waals surface area contributed by atoms with Gasteiger partial charge in [-0.1, -0.05) is 24.3 Å². The monoisotopic (exact) mass is 292 g/mol. The molecular weight excluding hydrogens is 272 g/mol. The zero-order chi connectivity index (χ0) is 14.4. The van der Waals surface area contributed by atoms with Crippen LogP contribution in [0.1, 0.15) is 24.3 Å². The van der Waals surface area contributed by atoms with Crippen LogP contribution in [-0.2, 0) is 13.0 Å². The summed E-state index contributed by atoms with van der Waals surface area (Å²) in [4.78, 5) is 5.37. The van der Waals surface area contributed by atoms with Gasteiger partial charge in [-0.15, -0.1) is 0 Å². The Morgan fingerprint density at radius 1 is 1.25 bits per heavy atom. The van der Waals surface area contributed by atoms with Crippen molar-refractivity contribution in [1.82, 2.24) is 4.98 Å². The maximum Gasteiger partial charge on any atom is 0.182 e. The second kappa shape index (κ2) is 7.14. The molecule has 0 bridgehead atoms. The fourth-order valence-electron chi connectivity index (χ4n) is 1.81. The van der Waals surface area contributed by atoms with Crippen LogP contribution in [0.4, 0.5) is 5.13 Å². The molecule has 0 saturated heterocycles. The lowest BCUT2D eigenvalue weighted by Crippen LogP contribution is -1.97. The number of nitrogens with zero attached hydrogens (tertiary/aromatic N) is 1. The van der Waals surface area contributed by atoms with Crippen LogP contribution < -0.4 is 14.8 Å². The fourth-order valence-corrected chi connectivity index (χ4v) is 2.60. The van der Waals surface area contributed by atoms with E-state index in [9.17, 15) is 0 Å². The van der Waals surface area contributed by atoms with Crippen molar-refractivity contribution in [3.05, 3.63) is 34.8 Å². The summed E-state index contributed by atoms with van der Waals surface area (Å²) in [5.74, 6) is 1.55. The average molecular weight is 292 g/mol. The first-order valence-corrected chi connectivity index (χ1v) is 7.56. The van der Waals surface area contributed by atoms with Gasteiger partial charge in [0.25, 0.3) is 0 Å². The van der Waals surface area contributed by atoms with Gasteiger partial charge in [-0.3, -0.25) is 0 Å². The third-order valence-corrected chi connectivity index (χ3v) is 3.82. The van der Waals surface area contributed by atoms with Crippen LogP contribution in [0.25, 0.3) is 0 Å². The highest BCUT2D eigenvalue weighted by Crippen LogP contribution is 2.29. The molecule has 1 heterocycles. The number of rotatable bonds is 7. The third-order valence-electron chi connectivity index (χ3n) is 2.89. The van der Waals surface area contributed by atoms with E-state index < -0.39 is 0 Å². The maximum atomic E-state index is 5.82. The molecule has 0 aliphatic rings. The van der Waals surface area contributed by atoms with Crippen molar-refractivity contribution < 1.29 is 9.47 Å². The first-order chi connectivity index (χ1) is 9.76. The van der Waals surface area contributed by atoms with Crippen LogP contribution in [0.3, 0.4) is 0 Å². The molecule has 0 saturated carbocycles. The summed E-state index contributed by atoms with van der Waals surface area (Å²) in [5, 5.41) is 4.12. The van der Waals surface area contributed by atoms with Crippen molar-refractivity contribution in [3.63, 3.8) is 0 Å². The summed E-state index contributed by atoms with van der Waals surface area (Å²) < 4.78 is 11.2. The highest BCUT2D eigenvalue weighted by Gasteiger charge is 2.07. The van der Waals surface area contributed by atoms with Crippen molar-refractivity contribution in [2.75, 3.05) is 19.0 Å². The van der Waals surface area contributed by atoms with E-state index in [0.29, 0.717) is 6.61 Å². The van der Waals surface area contributed by atoms with Gasteiger partial charge < -0.3 is 14.8 Å². The van der Waals surface area contributed by atoms with Crippen molar-refractivity contribution in [1.29, 1.82) is 0 Å². The third kappa shape index (κ3) is 3.63. The summed E-state index contributed by atoms with van der Waals surface area (Å²) >= 11 is 1.61. The van der Waals surface area contributed by atoms with Gasteiger partial charge in [-0.25, -0.2) is 4.98 Å². The van der Waals surface area contributed by atoms with E-state index in [2.05, 4.69) is 30.2 Å². The van der Waals surface area contributed by atoms with Gasteiger partial charge in [-0.05, 0) is 31.0 Å². The van der Waals surface area contributed by atoms with Crippen molar-refractivity contribution in [3.8, 4) is 11.5 Å². The molecule has 0 unspecified atom stereocenters. The number of anilines is 1. The van der Waals surface area contributed by atoms with E-state index in [1.54, 1.807) is 18.4 Å².